The van der Waals surface area contributed by atoms with Crippen LogP contribution in [0, 0.1) is 11.8 Å². The Hall–Kier alpha value is -1.06. The van der Waals surface area contributed by atoms with E-state index in [1.807, 2.05) is 6.07 Å². The van der Waals surface area contributed by atoms with Gasteiger partial charge in [-0.2, -0.15) is 0 Å². The maximum Gasteiger partial charge on any atom is 0.119 e. The van der Waals surface area contributed by atoms with Gasteiger partial charge in [0.25, 0.3) is 0 Å². The maximum absolute atomic E-state index is 5.88. The molecule has 0 aromatic heterocycles. The van der Waals surface area contributed by atoms with Crippen LogP contribution in [0.25, 0.3) is 0 Å². The van der Waals surface area contributed by atoms with Crippen molar-refractivity contribution in [3.8, 4) is 5.75 Å². The zero-order chi connectivity index (χ0) is 15.1. The minimum atomic E-state index is 0.687. The van der Waals surface area contributed by atoms with E-state index in [0.717, 1.165) is 37.9 Å². The molecule has 1 fully saturated rings. The molecule has 0 radical (unpaired) electrons. The molecule has 21 heavy (non-hydrogen) atoms. The molecule has 0 atom stereocenters. The summed E-state index contributed by atoms with van der Waals surface area (Å²) >= 11 is 0. The maximum atomic E-state index is 5.88. The lowest BCUT2D eigenvalue weighted by Gasteiger charge is -2.16. The number of ether oxygens (including phenoxy) is 1. The molecule has 118 valence electrons. The summed E-state index contributed by atoms with van der Waals surface area (Å²) in [5, 5.41) is 3.47. The molecule has 1 aliphatic carbocycles. The van der Waals surface area contributed by atoms with Crippen molar-refractivity contribution in [1.29, 1.82) is 0 Å². The highest BCUT2D eigenvalue weighted by molar-refractivity contribution is 5.28. The quantitative estimate of drug-likeness (QED) is 0.716. The SMILES string of the molecule is CC(C)CNCc1cccc(OCCN(C)CC2CC2)c1. The van der Waals surface area contributed by atoms with Gasteiger partial charge in [-0.05, 0) is 56.0 Å². The second-order valence-corrected chi connectivity index (χ2v) is 6.73. The molecule has 0 spiro atoms. The molecule has 0 amide bonds. The van der Waals surface area contributed by atoms with Gasteiger partial charge in [0.15, 0.2) is 0 Å². The first-order valence-electron chi connectivity index (χ1n) is 8.24. The van der Waals surface area contributed by atoms with Crippen LogP contribution in [0.1, 0.15) is 32.3 Å². The number of nitrogens with one attached hydrogen (secondary N) is 1. The molecular formula is C18H30N2O. The van der Waals surface area contributed by atoms with Gasteiger partial charge in [0, 0.05) is 19.6 Å². The van der Waals surface area contributed by atoms with Gasteiger partial charge in [0.1, 0.15) is 12.4 Å². The van der Waals surface area contributed by atoms with Crippen molar-refractivity contribution in [3.63, 3.8) is 0 Å². The zero-order valence-electron chi connectivity index (χ0n) is 13.8. The van der Waals surface area contributed by atoms with Gasteiger partial charge < -0.3 is 15.0 Å². The van der Waals surface area contributed by atoms with Gasteiger partial charge in [0.05, 0.1) is 0 Å². The van der Waals surface area contributed by atoms with Crippen LogP contribution >= 0.6 is 0 Å². The van der Waals surface area contributed by atoms with Crippen LogP contribution in [0.4, 0.5) is 0 Å². The van der Waals surface area contributed by atoms with Crippen molar-refractivity contribution in [2.45, 2.75) is 33.2 Å². The molecule has 1 saturated carbocycles. The standard InChI is InChI=1S/C18H30N2O/c1-15(2)12-19-13-17-5-4-6-18(11-17)21-10-9-20(3)14-16-7-8-16/h4-6,11,15-16,19H,7-10,12-14H2,1-3H3. The number of benzene rings is 1. The molecule has 3 heteroatoms. The van der Waals surface area contributed by atoms with E-state index in [1.165, 1.54) is 24.9 Å². The summed E-state index contributed by atoms with van der Waals surface area (Å²) < 4.78 is 5.88. The lowest BCUT2D eigenvalue weighted by molar-refractivity contribution is 0.232. The highest BCUT2D eigenvalue weighted by Gasteiger charge is 2.22. The predicted octanol–water partition coefficient (Wildman–Crippen LogP) is 3.15. The molecule has 1 aromatic carbocycles. The van der Waals surface area contributed by atoms with E-state index in [9.17, 15) is 0 Å². The second-order valence-electron chi connectivity index (χ2n) is 6.73. The van der Waals surface area contributed by atoms with E-state index in [1.54, 1.807) is 0 Å². The zero-order valence-corrected chi connectivity index (χ0v) is 13.8. The summed E-state index contributed by atoms with van der Waals surface area (Å²) in [4.78, 5) is 2.38. The van der Waals surface area contributed by atoms with Crippen molar-refractivity contribution in [1.82, 2.24) is 10.2 Å². The van der Waals surface area contributed by atoms with Crippen LogP contribution < -0.4 is 10.1 Å². The van der Waals surface area contributed by atoms with E-state index >= 15 is 0 Å². The van der Waals surface area contributed by atoms with Crippen molar-refractivity contribution in [2.75, 3.05) is 33.3 Å². The first-order valence-corrected chi connectivity index (χ1v) is 8.24. The van der Waals surface area contributed by atoms with Gasteiger partial charge in [-0.3, -0.25) is 0 Å². The van der Waals surface area contributed by atoms with Crippen LogP contribution in [0.15, 0.2) is 24.3 Å². The van der Waals surface area contributed by atoms with Crippen LogP contribution in [0.3, 0.4) is 0 Å². The summed E-state index contributed by atoms with van der Waals surface area (Å²) in [6, 6.07) is 8.43. The van der Waals surface area contributed by atoms with Crippen LogP contribution in [0.2, 0.25) is 0 Å². The van der Waals surface area contributed by atoms with Crippen LogP contribution in [-0.2, 0) is 6.54 Å². The number of nitrogens with zero attached hydrogens (tertiary/aromatic N) is 1. The third-order valence-electron chi connectivity index (χ3n) is 3.79. The fourth-order valence-electron chi connectivity index (χ4n) is 2.40. The Morgan fingerprint density at radius 3 is 2.86 bits per heavy atom. The van der Waals surface area contributed by atoms with Crippen LogP contribution in [0.5, 0.6) is 5.75 Å². The van der Waals surface area contributed by atoms with Gasteiger partial charge >= 0.3 is 0 Å². The molecule has 1 N–H and O–H groups in total. The summed E-state index contributed by atoms with van der Waals surface area (Å²) in [5.41, 5.74) is 1.29. The lowest BCUT2D eigenvalue weighted by Crippen LogP contribution is -2.26. The Bertz CT molecular complexity index is 415. The summed E-state index contributed by atoms with van der Waals surface area (Å²) in [6.07, 6.45) is 2.83. The molecule has 0 heterocycles. The van der Waals surface area contributed by atoms with E-state index in [0.29, 0.717) is 5.92 Å². The lowest BCUT2D eigenvalue weighted by atomic mass is 10.2. The highest BCUT2D eigenvalue weighted by atomic mass is 16.5. The van der Waals surface area contributed by atoms with E-state index in [-0.39, 0.29) is 0 Å². The first kappa shape index (κ1) is 16.3. The van der Waals surface area contributed by atoms with E-state index in [4.69, 9.17) is 4.74 Å². The van der Waals surface area contributed by atoms with Crippen LogP contribution in [-0.4, -0.2) is 38.2 Å². The molecule has 0 bridgehead atoms. The Balaban J connectivity index is 1.67. The fraction of sp³-hybridized carbons (Fsp3) is 0.667. The Morgan fingerprint density at radius 2 is 2.14 bits per heavy atom. The number of hydrogen-bond donors (Lipinski definition) is 1. The third-order valence-corrected chi connectivity index (χ3v) is 3.79. The van der Waals surface area contributed by atoms with Crippen molar-refractivity contribution < 1.29 is 4.74 Å². The van der Waals surface area contributed by atoms with Gasteiger partial charge in [-0.1, -0.05) is 26.0 Å². The monoisotopic (exact) mass is 290 g/mol. The van der Waals surface area contributed by atoms with Crippen molar-refractivity contribution in [2.24, 2.45) is 11.8 Å². The molecule has 1 aliphatic rings. The summed E-state index contributed by atoms with van der Waals surface area (Å²) in [6.45, 7) is 9.42. The van der Waals surface area contributed by atoms with Gasteiger partial charge in [0.2, 0.25) is 0 Å². The molecule has 3 nitrogen and oxygen atoms in total. The molecule has 0 unspecified atom stereocenters. The third kappa shape index (κ3) is 6.96. The molecule has 1 aromatic rings. The Labute approximate surface area is 129 Å². The van der Waals surface area contributed by atoms with Crippen molar-refractivity contribution in [3.05, 3.63) is 29.8 Å². The molecule has 2 rings (SSSR count). The summed E-state index contributed by atoms with van der Waals surface area (Å²) in [5.74, 6) is 2.62. The average Bonchev–Trinajstić information content (AvgIpc) is 3.23. The first-order chi connectivity index (χ1) is 10.1. The number of rotatable bonds is 10. The average molecular weight is 290 g/mol. The smallest absolute Gasteiger partial charge is 0.119 e. The molecule has 0 saturated heterocycles. The van der Waals surface area contributed by atoms with E-state index < -0.39 is 0 Å². The normalized spacial score (nSPS) is 14.9. The fourth-order valence-corrected chi connectivity index (χ4v) is 2.40. The van der Waals surface area contributed by atoms with Gasteiger partial charge in [-0.15, -0.1) is 0 Å². The number of hydrogen-bond acceptors (Lipinski definition) is 3. The molecular weight excluding hydrogens is 260 g/mol. The Kier molecular flexibility index (Phi) is 6.52. The van der Waals surface area contributed by atoms with Gasteiger partial charge in [-0.25, -0.2) is 0 Å². The van der Waals surface area contributed by atoms with Crippen molar-refractivity contribution >= 4 is 0 Å². The minimum absolute atomic E-state index is 0.687. The highest BCUT2D eigenvalue weighted by Crippen LogP contribution is 2.29. The topological polar surface area (TPSA) is 24.5 Å². The number of likely N-dealkylation sites (N-methyl/N-ethyl adjacent to an activating group) is 1. The second kappa shape index (κ2) is 8.40. The Morgan fingerprint density at radius 1 is 1.33 bits per heavy atom. The molecule has 0 aliphatic heterocycles. The minimum Gasteiger partial charge on any atom is -0.492 e. The summed E-state index contributed by atoms with van der Waals surface area (Å²) in [7, 11) is 2.19. The largest absolute Gasteiger partial charge is 0.492 e. The van der Waals surface area contributed by atoms with E-state index in [2.05, 4.69) is 49.3 Å². The predicted molar refractivity (Wildman–Crippen MR) is 88.7 cm³/mol.